The highest BCUT2D eigenvalue weighted by Gasteiger charge is 2.31. The maximum absolute atomic E-state index is 13.7. The van der Waals surface area contributed by atoms with Gasteiger partial charge in [0.25, 0.3) is 0 Å². The summed E-state index contributed by atoms with van der Waals surface area (Å²) in [6.45, 7) is 3.96. The number of aromatic nitrogens is 1. The molecule has 0 aliphatic carbocycles. The fraction of sp³-hybridized carbons (Fsp3) is 0.406. The summed E-state index contributed by atoms with van der Waals surface area (Å²) < 4.78 is 0. The van der Waals surface area contributed by atoms with E-state index in [4.69, 9.17) is 17.2 Å². The lowest BCUT2D eigenvalue weighted by molar-refractivity contribution is -0.142. The van der Waals surface area contributed by atoms with Crippen LogP contribution in [0.25, 0.3) is 10.9 Å². The number of aromatic hydroxyl groups is 1. The van der Waals surface area contributed by atoms with Crippen molar-refractivity contribution in [2.75, 3.05) is 6.54 Å². The number of carboxylic acids is 1. The van der Waals surface area contributed by atoms with Crippen LogP contribution in [0.4, 0.5) is 0 Å². The van der Waals surface area contributed by atoms with Gasteiger partial charge in [-0.25, -0.2) is 4.79 Å². The standard InChI is InChI=1S/C32H44N8O6/c1-18(2)14-26(39-28(42)23(33)15-19-9-11-21(41)12-10-19)29(43)40-27(16-20-17-37-24-7-4-3-6-22(20)24)30(44)38-25(31(45)46)8-5-13-36-32(34)35/h3-4,6-7,9-12,17-18,23,25-27,37,41H,5,8,13-16,33H2,1-2H3,(H,38,44)(H,39,42)(H,40,43)(H,45,46)(H4,34,35,36). The van der Waals surface area contributed by atoms with E-state index in [1.54, 1.807) is 18.3 Å². The molecule has 14 heteroatoms. The zero-order valence-electron chi connectivity index (χ0n) is 26.0. The van der Waals surface area contributed by atoms with Gasteiger partial charge in [0, 0.05) is 30.1 Å². The number of para-hydroxylation sites is 1. The smallest absolute Gasteiger partial charge is 0.326 e. The second-order valence-electron chi connectivity index (χ2n) is 11.6. The van der Waals surface area contributed by atoms with E-state index in [1.165, 1.54) is 12.1 Å². The van der Waals surface area contributed by atoms with Crippen molar-refractivity contribution >= 4 is 40.6 Å². The Morgan fingerprint density at radius 1 is 0.870 bits per heavy atom. The number of benzene rings is 2. The lowest BCUT2D eigenvalue weighted by Gasteiger charge is -2.26. The average molecular weight is 637 g/mol. The highest BCUT2D eigenvalue weighted by Crippen LogP contribution is 2.20. The summed E-state index contributed by atoms with van der Waals surface area (Å²) in [6.07, 6.45) is 2.56. The number of phenolic OH excluding ortho intramolecular Hbond substituents is 1. The van der Waals surface area contributed by atoms with Crippen molar-refractivity contribution in [1.82, 2.24) is 20.9 Å². The molecule has 3 aromatic rings. The first-order valence-corrected chi connectivity index (χ1v) is 15.1. The molecule has 1 aromatic heterocycles. The second-order valence-corrected chi connectivity index (χ2v) is 11.6. The summed E-state index contributed by atoms with van der Waals surface area (Å²) in [7, 11) is 0. The summed E-state index contributed by atoms with van der Waals surface area (Å²) in [6, 6.07) is 9.31. The molecule has 4 atom stereocenters. The number of fused-ring (bicyclic) bond motifs is 1. The van der Waals surface area contributed by atoms with Gasteiger partial charge in [-0.3, -0.25) is 19.4 Å². The Bertz CT molecular complexity index is 1520. The molecule has 0 bridgehead atoms. The molecule has 1 heterocycles. The minimum absolute atomic E-state index is 0.00752. The van der Waals surface area contributed by atoms with Crippen molar-refractivity contribution in [2.45, 2.75) is 70.1 Å². The van der Waals surface area contributed by atoms with Crippen molar-refractivity contribution in [3.8, 4) is 5.75 Å². The number of H-pyrrole nitrogens is 1. The van der Waals surface area contributed by atoms with Gasteiger partial charge in [-0.15, -0.1) is 0 Å². The Balaban J connectivity index is 1.80. The third-order valence-corrected chi connectivity index (χ3v) is 7.36. The number of carbonyl (C=O) groups excluding carboxylic acids is 3. The van der Waals surface area contributed by atoms with Crippen molar-refractivity contribution in [3.63, 3.8) is 0 Å². The SMILES string of the molecule is CC(C)CC(NC(=O)C(N)Cc1ccc(O)cc1)C(=O)NC(Cc1c[nH]c2ccccc12)C(=O)NC(CCCN=C(N)N)C(=O)O. The predicted molar refractivity (Wildman–Crippen MR) is 175 cm³/mol. The summed E-state index contributed by atoms with van der Waals surface area (Å²) in [5.41, 5.74) is 19.1. The molecule has 0 fully saturated rings. The summed E-state index contributed by atoms with van der Waals surface area (Å²) >= 11 is 0. The molecule has 4 unspecified atom stereocenters. The Hall–Kier alpha value is -5.11. The molecule has 0 saturated heterocycles. The van der Waals surface area contributed by atoms with Gasteiger partial charge in [-0.2, -0.15) is 0 Å². The number of aliphatic carboxylic acids is 1. The fourth-order valence-corrected chi connectivity index (χ4v) is 5.00. The Kier molecular flexibility index (Phi) is 12.9. The molecule has 46 heavy (non-hydrogen) atoms. The van der Waals surface area contributed by atoms with Gasteiger partial charge < -0.3 is 48.3 Å². The number of amides is 3. The Morgan fingerprint density at radius 2 is 1.50 bits per heavy atom. The van der Waals surface area contributed by atoms with E-state index < -0.39 is 47.9 Å². The molecule has 0 aliphatic rings. The molecular weight excluding hydrogens is 592 g/mol. The summed E-state index contributed by atoms with van der Waals surface area (Å²) in [5.74, 6) is -3.16. The molecule has 0 radical (unpaired) electrons. The van der Waals surface area contributed by atoms with Gasteiger partial charge in [0.15, 0.2) is 5.96 Å². The number of aliphatic imine (C=N–C) groups is 1. The quantitative estimate of drug-likeness (QED) is 0.0571. The van der Waals surface area contributed by atoms with Crippen LogP contribution < -0.4 is 33.2 Å². The predicted octanol–water partition coefficient (Wildman–Crippen LogP) is 0.625. The minimum atomic E-state index is -1.26. The van der Waals surface area contributed by atoms with Gasteiger partial charge in [0.2, 0.25) is 17.7 Å². The van der Waals surface area contributed by atoms with Crippen LogP contribution in [0, 0.1) is 5.92 Å². The number of nitrogens with two attached hydrogens (primary N) is 3. The van der Waals surface area contributed by atoms with Crippen LogP contribution in [0.15, 0.2) is 59.7 Å². The number of hydrogen-bond acceptors (Lipinski definition) is 7. The number of hydrogen-bond donors (Lipinski definition) is 9. The van der Waals surface area contributed by atoms with Crippen LogP contribution in [0.5, 0.6) is 5.75 Å². The number of aromatic amines is 1. The van der Waals surface area contributed by atoms with Crippen LogP contribution in [0.1, 0.15) is 44.2 Å². The zero-order chi connectivity index (χ0) is 33.8. The van der Waals surface area contributed by atoms with E-state index in [2.05, 4.69) is 25.9 Å². The van der Waals surface area contributed by atoms with Crippen molar-refractivity contribution in [2.24, 2.45) is 28.1 Å². The van der Waals surface area contributed by atoms with E-state index in [0.717, 1.165) is 22.0 Å². The largest absolute Gasteiger partial charge is 0.508 e. The molecule has 0 saturated carbocycles. The van der Waals surface area contributed by atoms with E-state index in [1.807, 2.05) is 38.1 Å². The third kappa shape index (κ3) is 10.8. The zero-order valence-corrected chi connectivity index (χ0v) is 26.0. The summed E-state index contributed by atoms with van der Waals surface area (Å²) in [4.78, 5) is 59.4. The molecule has 2 aromatic carbocycles. The monoisotopic (exact) mass is 636 g/mol. The summed E-state index contributed by atoms with van der Waals surface area (Å²) in [5, 5.41) is 28.2. The maximum Gasteiger partial charge on any atom is 0.326 e. The fourth-order valence-electron chi connectivity index (χ4n) is 5.00. The first kappa shape index (κ1) is 35.4. The average Bonchev–Trinajstić information content (AvgIpc) is 3.41. The highest BCUT2D eigenvalue weighted by molar-refractivity contribution is 5.95. The van der Waals surface area contributed by atoms with Crippen LogP contribution >= 0.6 is 0 Å². The molecule has 3 rings (SSSR count). The van der Waals surface area contributed by atoms with Crippen molar-refractivity contribution in [1.29, 1.82) is 0 Å². The van der Waals surface area contributed by atoms with Gasteiger partial charge in [0.05, 0.1) is 6.04 Å². The van der Waals surface area contributed by atoms with Crippen molar-refractivity contribution in [3.05, 3.63) is 65.9 Å². The second kappa shape index (κ2) is 16.8. The molecule has 14 nitrogen and oxygen atoms in total. The van der Waals surface area contributed by atoms with Gasteiger partial charge >= 0.3 is 5.97 Å². The molecular formula is C32H44N8O6. The van der Waals surface area contributed by atoms with E-state index in [-0.39, 0.29) is 49.9 Å². The van der Waals surface area contributed by atoms with Gasteiger partial charge in [-0.1, -0.05) is 44.2 Å². The van der Waals surface area contributed by atoms with Crippen LogP contribution in [0.2, 0.25) is 0 Å². The van der Waals surface area contributed by atoms with E-state index >= 15 is 0 Å². The lowest BCUT2D eigenvalue weighted by Crippen LogP contribution is -2.58. The van der Waals surface area contributed by atoms with Crippen LogP contribution in [0.3, 0.4) is 0 Å². The first-order valence-electron chi connectivity index (χ1n) is 15.1. The lowest BCUT2D eigenvalue weighted by atomic mass is 9.99. The first-order chi connectivity index (χ1) is 21.8. The molecule has 248 valence electrons. The number of carbonyl (C=O) groups is 4. The maximum atomic E-state index is 13.7. The highest BCUT2D eigenvalue weighted by atomic mass is 16.4. The third-order valence-electron chi connectivity index (χ3n) is 7.36. The van der Waals surface area contributed by atoms with Gasteiger partial charge in [0.1, 0.15) is 23.9 Å². The number of rotatable bonds is 17. The van der Waals surface area contributed by atoms with Crippen LogP contribution in [-0.2, 0) is 32.0 Å². The molecule has 12 N–H and O–H groups in total. The van der Waals surface area contributed by atoms with Crippen LogP contribution in [-0.4, -0.2) is 75.6 Å². The normalized spacial score (nSPS) is 13.7. The number of nitrogens with one attached hydrogen (secondary N) is 4. The number of guanidine groups is 1. The Morgan fingerprint density at radius 3 is 2.15 bits per heavy atom. The number of phenols is 1. The van der Waals surface area contributed by atoms with E-state index in [0.29, 0.717) is 6.42 Å². The molecule has 0 spiro atoms. The van der Waals surface area contributed by atoms with Crippen molar-refractivity contribution < 1.29 is 29.4 Å². The molecule has 0 aliphatic heterocycles. The van der Waals surface area contributed by atoms with Gasteiger partial charge in [-0.05, 0) is 60.9 Å². The number of nitrogens with zero attached hydrogens (tertiary/aromatic N) is 1. The van der Waals surface area contributed by atoms with E-state index in [9.17, 15) is 29.4 Å². The minimum Gasteiger partial charge on any atom is -0.508 e. The number of carboxylic acid groups (broad SMARTS) is 1. The molecule has 3 amide bonds. The Labute approximate surface area is 267 Å². The topological polar surface area (TPSA) is 251 Å².